The van der Waals surface area contributed by atoms with Crippen molar-refractivity contribution in [2.45, 2.75) is 44.7 Å². The molecule has 86 valence electrons. The molecule has 5 nitrogen and oxygen atoms in total. The molecule has 2 rings (SSSR count). The minimum absolute atomic E-state index is 0.196. The summed E-state index contributed by atoms with van der Waals surface area (Å²) in [6, 6.07) is -0.479. The highest BCUT2D eigenvalue weighted by molar-refractivity contribution is 6.57. The Hall–Kier alpha value is -1.01. The number of urea groups is 1. The fraction of sp³-hybridized carbons (Fsp3) is 0.700. The summed E-state index contributed by atoms with van der Waals surface area (Å²) in [5.74, 6) is -0.196. The van der Waals surface area contributed by atoms with Crippen molar-refractivity contribution < 1.29 is 14.1 Å². The number of nitrogens with zero attached hydrogens (tertiary/aromatic N) is 2. The summed E-state index contributed by atoms with van der Waals surface area (Å²) >= 11 is 0. The summed E-state index contributed by atoms with van der Waals surface area (Å²) in [6.07, 6.45) is 3.05. The average Bonchev–Trinajstić information content (AvgIpc) is 2.37. The van der Waals surface area contributed by atoms with Crippen LogP contribution in [0.5, 0.6) is 0 Å². The van der Waals surface area contributed by atoms with Gasteiger partial charge < -0.3 is 9.31 Å². The standard InChI is InChI=1S/C10H15BN2O3/c1-9(2)10(3,4)16-11(15-9)7-5-12-8(14)13-6-7/h5-7H,1-4H3. The van der Waals surface area contributed by atoms with E-state index in [1.165, 1.54) is 12.4 Å². The summed E-state index contributed by atoms with van der Waals surface area (Å²) in [5, 5.41) is 0. The molecule has 0 aliphatic carbocycles. The van der Waals surface area contributed by atoms with Gasteiger partial charge in [0, 0.05) is 12.4 Å². The highest BCUT2D eigenvalue weighted by Gasteiger charge is 2.53. The van der Waals surface area contributed by atoms with E-state index >= 15 is 0 Å². The number of hydrogen-bond acceptors (Lipinski definition) is 3. The molecule has 0 bridgehead atoms. The third-order valence-electron chi connectivity index (χ3n) is 3.30. The predicted molar refractivity (Wildman–Crippen MR) is 62.2 cm³/mol. The average molecular weight is 222 g/mol. The number of carbonyl (C=O) groups is 1. The van der Waals surface area contributed by atoms with Gasteiger partial charge in [-0.2, -0.15) is 0 Å². The van der Waals surface area contributed by atoms with E-state index in [0.717, 1.165) is 0 Å². The lowest BCUT2D eigenvalue weighted by atomic mass is 9.73. The third-order valence-corrected chi connectivity index (χ3v) is 3.30. The molecule has 0 aromatic heterocycles. The Morgan fingerprint density at radius 2 is 1.56 bits per heavy atom. The van der Waals surface area contributed by atoms with E-state index in [1.54, 1.807) is 0 Å². The molecule has 2 aliphatic rings. The Labute approximate surface area is 95.1 Å². The van der Waals surface area contributed by atoms with Gasteiger partial charge in [-0.1, -0.05) is 0 Å². The zero-order chi connectivity index (χ0) is 12.0. The first-order valence-electron chi connectivity index (χ1n) is 5.30. The first-order chi connectivity index (χ1) is 7.32. The van der Waals surface area contributed by atoms with Gasteiger partial charge in [-0.3, -0.25) is 0 Å². The van der Waals surface area contributed by atoms with Crippen molar-refractivity contribution in [3.63, 3.8) is 0 Å². The number of aliphatic imine (C=N–C) groups is 2. The van der Waals surface area contributed by atoms with Crippen molar-refractivity contribution >= 4 is 25.6 Å². The lowest BCUT2D eigenvalue weighted by Gasteiger charge is -2.32. The van der Waals surface area contributed by atoms with Gasteiger partial charge in [-0.05, 0) is 27.7 Å². The molecular formula is C10H15BN2O3. The Bertz CT molecular complexity index is 344. The van der Waals surface area contributed by atoms with Crippen molar-refractivity contribution in [3.8, 4) is 0 Å². The normalized spacial score (nSPS) is 27.8. The Balaban J connectivity index is 2.13. The van der Waals surface area contributed by atoms with Crippen LogP contribution in [-0.4, -0.2) is 36.8 Å². The zero-order valence-corrected chi connectivity index (χ0v) is 9.93. The van der Waals surface area contributed by atoms with Crippen molar-refractivity contribution in [2.75, 3.05) is 0 Å². The van der Waals surface area contributed by atoms with Gasteiger partial charge in [0.2, 0.25) is 0 Å². The van der Waals surface area contributed by atoms with Gasteiger partial charge in [-0.15, -0.1) is 0 Å². The van der Waals surface area contributed by atoms with Crippen LogP contribution in [0.15, 0.2) is 9.98 Å². The van der Waals surface area contributed by atoms with Gasteiger partial charge in [0.15, 0.2) is 0 Å². The van der Waals surface area contributed by atoms with E-state index < -0.39 is 13.1 Å². The first kappa shape index (κ1) is 11.5. The third kappa shape index (κ3) is 1.83. The van der Waals surface area contributed by atoms with Crippen molar-refractivity contribution in [1.29, 1.82) is 0 Å². The molecule has 1 fully saturated rings. The van der Waals surface area contributed by atoms with Gasteiger partial charge >= 0.3 is 13.1 Å². The second kappa shape index (κ2) is 3.50. The molecule has 0 radical (unpaired) electrons. The molecule has 16 heavy (non-hydrogen) atoms. The van der Waals surface area contributed by atoms with Crippen LogP contribution in [0, 0.1) is 0 Å². The van der Waals surface area contributed by atoms with E-state index in [9.17, 15) is 4.79 Å². The molecule has 1 saturated heterocycles. The van der Waals surface area contributed by atoms with Crippen LogP contribution >= 0.6 is 0 Å². The second-order valence-electron chi connectivity index (χ2n) is 5.04. The van der Waals surface area contributed by atoms with Crippen molar-refractivity contribution in [1.82, 2.24) is 0 Å². The van der Waals surface area contributed by atoms with Gasteiger partial charge in [0.25, 0.3) is 0 Å². The largest absolute Gasteiger partial charge is 0.472 e. The predicted octanol–water partition coefficient (Wildman–Crippen LogP) is 1.72. The molecule has 0 unspecified atom stereocenters. The van der Waals surface area contributed by atoms with Crippen LogP contribution in [0.25, 0.3) is 0 Å². The molecule has 0 aromatic carbocycles. The van der Waals surface area contributed by atoms with Gasteiger partial charge in [0.05, 0.1) is 17.0 Å². The zero-order valence-electron chi connectivity index (χ0n) is 9.93. The van der Waals surface area contributed by atoms with Crippen LogP contribution in [0.4, 0.5) is 4.79 Å². The minimum atomic E-state index is -0.479. The number of rotatable bonds is 1. The Kier molecular flexibility index (Phi) is 2.51. The Morgan fingerprint density at radius 3 is 2.00 bits per heavy atom. The van der Waals surface area contributed by atoms with E-state index in [2.05, 4.69) is 9.98 Å². The Morgan fingerprint density at radius 1 is 1.12 bits per heavy atom. The number of amides is 2. The van der Waals surface area contributed by atoms with Crippen LogP contribution < -0.4 is 0 Å². The smallest absolute Gasteiger partial charge is 0.403 e. The first-order valence-corrected chi connectivity index (χ1v) is 5.30. The number of carbonyl (C=O) groups excluding carboxylic acids is 1. The summed E-state index contributed by atoms with van der Waals surface area (Å²) in [7, 11) is -0.425. The van der Waals surface area contributed by atoms with Crippen molar-refractivity contribution in [2.24, 2.45) is 9.98 Å². The summed E-state index contributed by atoms with van der Waals surface area (Å²) in [6.45, 7) is 7.93. The van der Waals surface area contributed by atoms with E-state index in [1.807, 2.05) is 27.7 Å². The molecule has 0 atom stereocenters. The second-order valence-corrected chi connectivity index (χ2v) is 5.04. The summed E-state index contributed by atoms with van der Waals surface area (Å²) < 4.78 is 11.6. The molecule has 2 amide bonds. The van der Waals surface area contributed by atoms with Crippen molar-refractivity contribution in [3.05, 3.63) is 0 Å². The fourth-order valence-electron chi connectivity index (χ4n) is 1.56. The summed E-state index contributed by atoms with van der Waals surface area (Å²) in [5.41, 5.74) is -0.748. The van der Waals surface area contributed by atoms with E-state index in [0.29, 0.717) is 0 Å². The highest BCUT2D eigenvalue weighted by Crippen LogP contribution is 2.39. The van der Waals surface area contributed by atoms with E-state index in [-0.39, 0.29) is 17.0 Å². The SMILES string of the molecule is CC1(C)OB(C2C=NC(=O)N=C2)OC1(C)C. The molecule has 6 heteroatoms. The quantitative estimate of drug-likeness (QED) is 0.634. The van der Waals surface area contributed by atoms with Crippen LogP contribution in [0.3, 0.4) is 0 Å². The number of hydrogen-bond donors (Lipinski definition) is 0. The van der Waals surface area contributed by atoms with Gasteiger partial charge in [0.1, 0.15) is 0 Å². The van der Waals surface area contributed by atoms with E-state index in [4.69, 9.17) is 9.31 Å². The lowest BCUT2D eigenvalue weighted by molar-refractivity contribution is 0.00578. The molecular weight excluding hydrogens is 207 g/mol. The summed E-state index contributed by atoms with van der Waals surface area (Å²) in [4.78, 5) is 18.1. The molecule has 0 spiro atoms. The molecule has 2 heterocycles. The fourth-order valence-corrected chi connectivity index (χ4v) is 1.56. The minimum Gasteiger partial charge on any atom is -0.403 e. The maximum atomic E-state index is 10.8. The van der Waals surface area contributed by atoms with Crippen LogP contribution in [0.2, 0.25) is 5.82 Å². The molecule has 0 N–H and O–H groups in total. The molecule has 0 aromatic rings. The topological polar surface area (TPSA) is 60.2 Å². The highest BCUT2D eigenvalue weighted by atomic mass is 16.7. The van der Waals surface area contributed by atoms with Crippen LogP contribution in [-0.2, 0) is 9.31 Å². The molecule has 0 saturated carbocycles. The van der Waals surface area contributed by atoms with Gasteiger partial charge in [-0.25, -0.2) is 14.8 Å². The maximum Gasteiger partial charge on any atom is 0.472 e. The van der Waals surface area contributed by atoms with Crippen LogP contribution in [0.1, 0.15) is 27.7 Å². The monoisotopic (exact) mass is 222 g/mol. The molecule has 2 aliphatic heterocycles. The lowest BCUT2D eigenvalue weighted by Crippen LogP contribution is -2.41. The maximum absolute atomic E-state index is 10.8.